The second-order valence-corrected chi connectivity index (χ2v) is 4.42. The molecule has 0 atom stereocenters. The van der Waals surface area contributed by atoms with Gasteiger partial charge in [0.2, 0.25) is 0 Å². The van der Waals surface area contributed by atoms with Gasteiger partial charge in [-0.05, 0) is 25.0 Å². The number of rotatable bonds is 4. The van der Waals surface area contributed by atoms with Crippen molar-refractivity contribution in [1.29, 1.82) is 0 Å². The number of hydrogen-bond acceptors (Lipinski definition) is 5. The zero-order chi connectivity index (χ0) is 13.8. The van der Waals surface area contributed by atoms with Crippen molar-refractivity contribution in [3.8, 4) is 11.5 Å². The van der Waals surface area contributed by atoms with Crippen LogP contribution in [0.1, 0.15) is 23.2 Å². The van der Waals surface area contributed by atoms with Crippen LogP contribution in [0.5, 0.6) is 11.5 Å². The molecule has 19 heavy (non-hydrogen) atoms. The summed E-state index contributed by atoms with van der Waals surface area (Å²) in [4.78, 5) is 13.9. The second-order valence-electron chi connectivity index (χ2n) is 4.42. The third-order valence-corrected chi connectivity index (χ3v) is 3.33. The molecule has 0 radical (unpaired) electrons. The van der Waals surface area contributed by atoms with Crippen LogP contribution in [0.25, 0.3) is 0 Å². The summed E-state index contributed by atoms with van der Waals surface area (Å²) >= 11 is 0. The molecule has 104 valence electrons. The van der Waals surface area contributed by atoms with E-state index in [4.69, 9.17) is 14.2 Å². The number of carbonyl (C=O) groups excluding carboxylic acids is 1. The molecule has 0 bridgehead atoms. The van der Waals surface area contributed by atoms with Gasteiger partial charge >= 0.3 is 5.97 Å². The lowest BCUT2D eigenvalue weighted by atomic mass is 10.1. The van der Waals surface area contributed by atoms with Crippen LogP contribution in [-0.2, 0) is 4.74 Å². The van der Waals surface area contributed by atoms with E-state index in [-0.39, 0.29) is 5.97 Å². The molecule has 0 N–H and O–H groups in total. The van der Waals surface area contributed by atoms with E-state index >= 15 is 0 Å². The van der Waals surface area contributed by atoms with Crippen molar-refractivity contribution in [3.05, 3.63) is 17.7 Å². The number of methoxy groups -OCH3 is 3. The number of benzene rings is 1. The van der Waals surface area contributed by atoms with Crippen LogP contribution in [0.15, 0.2) is 12.1 Å². The van der Waals surface area contributed by atoms with Gasteiger partial charge in [-0.15, -0.1) is 0 Å². The average Bonchev–Trinajstić information content (AvgIpc) is 2.98. The third-order valence-electron chi connectivity index (χ3n) is 3.33. The second kappa shape index (κ2) is 5.82. The van der Waals surface area contributed by atoms with Crippen molar-refractivity contribution >= 4 is 11.7 Å². The van der Waals surface area contributed by atoms with E-state index in [1.165, 1.54) is 7.11 Å². The molecular weight excluding hydrogens is 246 g/mol. The SMILES string of the molecule is COC(=O)c1cc(OC)c(OC)c(N2CCCC2)c1. The summed E-state index contributed by atoms with van der Waals surface area (Å²) in [6, 6.07) is 3.45. The minimum atomic E-state index is -0.374. The molecule has 1 saturated heterocycles. The Bertz CT molecular complexity index is 467. The summed E-state index contributed by atoms with van der Waals surface area (Å²) in [5.41, 5.74) is 1.36. The van der Waals surface area contributed by atoms with E-state index in [0.717, 1.165) is 31.6 Å². The molecule has 0 aromatic heterocycles. The fraction of sp³-hybridized carbons (Fsp3) is 0.500. The number of esters is 1. The van der Waals surface area contributed by atoms with Crippen LogP contribution in [0.2, 0.25) is 0 Å². The fourth-order valence-electron chi connectivity index (χ4n) is 2.37. The van der Waals surface area contributed by atoms with Crippen LogP contribution >= 0.6 is 0 Å². The Balaban J connectivity index is 2.50. The number of nitrogens with zero attached hydrogens (tertiary/aromatic N) is 1. The lowest BCUT2D eigenvalue weighted by Crippen LogP contribution is -2.19. The van der Waals surface area contributed by atoms with E-state index in [1.807, 2.05) is 0 Å². The average molecular weight is 265 g/mol. The van der Waals surface area contributed by atoms with Crippen molar-refractivity contribution in [2.45, 2.75) is 12.8 Å². The van der Waals surface area contributed by atoms with E-state index < -0.39 is 0 Å². The molecule has 5 heteroatoms. The maximum atomic E-state index is 11.7. The largest absolute Gasteiger partial charge is 0.493 e. The Hall–Kier alpha value is -1.91. The van der Waals surface area contributed by atoms with Crippen molar-refractivity contribution < 1.29 is 19.0 Å². The summed E-state index contributed by atoms with van der Waals surface area (Å²) in [7, 11) is 4.54. The highest BCUT2D eigenvalue weighted by atomic mass is 16.5. The quantitative estimate of drug-likeness (QED) is 0.780. The zero-order valence-corrected chi connectivity index (χ0v) is 11.6. The normalized spacial score (nSPS) is 14.4. The molecule has 0 spiro atoms. The Morgan fingerprint density at radius 2 is 1.79 bits per heavy atom. The highest BCUT2D eigenvalue weighted by Crippen LogP contribution is 2.40. The molecule has 1 heterocycles. The first kappa shape index (κ1) is 13.5. The van der Waals surface area contributed by atoms with Crippen LogP contribution < -0.4 is 14.4 Å². The van der Waals surface area contributed by atoms with Crippen molar-refractivity contribution in [3.63, 3.8) is 0 Å². The molecule has 1 aromatic rings. The summed E-state index contributed by atoms with van der Waals surface area (Å²) in [5, 5.41) is 0. The minimum absolute atomic E-state index is 0.374. The first-order valence-corrected chi connectivity index (χ1v) is 6.30. The zero-order valence-electron chi connectivity index (χ0n) is 11.6. The lowest BCUT2D eigenvalue weighted by Gasteiger charge is -2.22. The topological polar surface area (TPSA) is 48.0 Å². The summed E-state index contributed by atoms with van der Waals surface area (Å²) in [5.74, 6) is 0.839. The summed E-state index contributed by atoms with van der Waals surface area (Å²) < 4.78 is 15.5. The number of ether oxygens (including phenoxy) is 3. The van der Waals surface area contributed by atoms with Crippen LogP contribution in [-0.4, -0.2) is 40.4 Å². The smallest absolute Gasteiger partial charge is 0.338 e. The molecular formula is C14H19NO4. The van der Waals surface area contributed by atoms with Gasteiger partial charge in [-0.2, -0.15) is 0 Å². The van der Waals surface area contributed by atoms with Gasteiger partial charge in [0.25, 0.3) is 0 Å². The first-order chi connectivity index (χ1) is 9.21. The minimum Gasteiger partial charge on any atom is -0.493 e. The van der Waals surface area contributed by atoms with Crippen molar-refractivity contribution in [1.82, 2.24) is 0 Å². The van der Waals surface area contributed by atoms with Crippen LogP contribution in [0, 0.1) is 0 Å². The van der Waals surface area contributed by atoms with Gasteiger partial charge in [0.05, 0.1) is 32.6 Å². The van der Waals surface area contributed by atoms with E-state index in [1.54, 1.807) is 26.4 Å². The third kappa shape index (κ3) is 2.59. The number of hydrogen-bond donors (Lipinski definition) is 0. The van der Waals surface area contributed by atoms with Crippen LogP contribution in [0.3, 0.4) is 0 Å². The maximum absolute atomic E-state index is 11.7. The van der Waals surface area contributed by atoms with Gasteiger partial charge in [-0.3, -0.25) is 0 Å². The standard InChI is InChI=1S/C14H19NO4/c1-17-12-9-10(14(16)19-3)8-11(13(12)18-2)15-6-4-5-7-15/h8-9H,4-7H2,1-3H3. The van der Waals surface area contributed by atoms with Crippen LogP contribution in [0.4, 0.5) is 5.69 Å². The molecule has 0 unspecified atom stereocenters. The maximum Gasteiger partial charge on any atom is 0.338 e. The van der Waals surface area contributed by atoms with Gasteiger partial charge < -0.3 is 19.1 Å². The van der Waals surface area contributed by atoms with Gasteiger partial charge in [-0.1, -0.05) is 0 Å². The van der Waals surface area contributed by atoms with Crippen molar-refractivity contribution in [2.75, 3.05) is 39.3 Å². The molecule has 1 fully saturated rings. The Morgan fingerprint density at radius 1 is 1.11 bits per heavy atom. The van der Waals surface area contributed by atoms with E-state index in [9.17, 15) is 4.79 Å². The molecule has 1 aliphatic heterocycles. The Labute approximate surface area is 113 Å². The van der Waals surface area contributed by atoms with E-state index in [2.05, 4.69) is 4.90 Å². The Morgan fingerprint density at radius 3 is 2.32 bits per heavy atom. The lowest BCUT2D eigenvalue weighted by molar-refractivity contribution is 0.0600. The molecule has 5 nitrogen and oxygen atoms in total. The number of anilines is 1. The molecule has 1 aromatic carbocycles. The highest BCUT2D eigenvalue weighted by Gasteiger charge is 2.22. The first-order valence-electron chi connectivity index (χ1n) is 6.30. The fourth-order valence-corrected chi connectivity index (χ4v) is 2.37. The van der Waals surface area contributed by atoms with Gasteiger partial charge in [0.1, 0.15) is 0 Å². The number of carbonyl (C=O) groups is 1. The molecule has 0 amide bonds. The monoisotopic (exact) mass is 265 g/mol. The molecule has 0 aliphatic carbocycles. The summed E-state index contributed by atoms with van der Waals surface area (Å²) in [6.45, 7) is 1.92. The highest BCUT2D eigenvalue weighted by molar-refractivity contribution is 5.92. The predicted octanol–water partition coefficient (Wildman–Crippen LogP) is 2.09. The van der Waals surface area contributed by atoms with Gasteiger partial charge in [0, 0.05) is 13.1 Å². The van der Waals surface area contributed by atoms with Gasteiger partial charge in [0.15, 0.2) is 11.5 Å². The predicted molar refractivity (Wildman–Crippen MR) is 72.3 cm³/mol. The van der Waals surface area contributed by atoms with Gasteiger partial charge in [-0.25, -0.2) is 4.79 Å². The van der Waals surface area contributed by atoms with Crippen molar-refractivity contribution in [2.24, 2.45) is 0 Å². The molecule has 2 rings (SSSR count). The molecule has 0 saturated carbocycles. The Kier molecular flexibility index (Phi) is 4.14. The molecule has 1 aliphatic rings. The van der Waals surface area contributed by atoms with E-state index in [0.29, 0.717) is 17.1 Å². The summed E-state index contributed by atoms with van der Waals surface area (Å²) in [6.07, 6.45) is 2.29.